The Morgan fingerprint density at radius 1 is 1.18 bits per heavy atom. The summed E-state index contributed by atoms with van der Waals surface area (Å²) in [7, 11) is 0. The average molecular weight is 245 g/mol. The van der Waals surface area contributed by atoms with Crippen LogP contribution in [0.4, 0.5) is 0 Å². The van der Waals surface area contributed by atoms with E-state index in [9.17, 15) is 9.90 Å². The van der Waals surface area contributed by atoms with E-state index in [0.717, 1.165) is 18.2 Å². The second-order valence-corrected chi connectivity index (χ2v) is 3.30. The van der Waals surface area contributed by atoms with Crippen LogP contribution >= 0.6 is 0 Å². The van der Waals surface area contributed by atoms with E-state index in [4.69, 9.17) is 25.7 Å². The molecule has 6 N–H and O–H groups in total. The van der Waals surface area contributed by atoms with Gasteiger partial charge in [-0.05, 0) is 17.7 Å². The molecule has 0 aliphatic carbocycles. The minimum Gasteiger partial charge on any atom is -0.504 e. The fourth-order valence-electron chi connectivity index (χ4n) is 1.27. The molecule has 0 amide bonds. The first-order valence-electron chi connectivity index (χ1n) is 4.44. The molecule has 1 aromatic rings. The third-order valence-corrected chi connectivity index (χ3v) is 2.14. The maximum absolute atomic E-state index is 10.7. The van der Waals surface area contributed by atoms with Gasteiger partial charge in [-0.25, -0.2) is 0 Å². The number of aliphatic carboxylic acids is 1. The predicted octanol–water partition coefficient (Wildman–Crippen LogP) is -0.335. The lowest BCUT2D eigenvalue weighted by molar-refractivity contribution is -0.338. The summed E-state index contributed by atoms with van der Waals surface area (Å²) >= 11 is 0. The lowest BCUT2D eigenvalue weighted by Gasteiger charge is -2.22. The highest BCUT2D eigenvalue weighted by molar-refractivity contribution is 5.74. The fourth-order valence-corrected chi connectivity index (χ4v) is 1.27. The highest BCUT2D eigenvalue weighted by Gasteiger charge is 2.33. The van der Waals surface area contributed by atoms with Crippen molar-refractivity contribution in [2.45, 2.75) is 12.1 Å². The van der Waals surface area contributed by atoms with Crippen LogP contribution in [-0.4, -0.2) is 48.1 Å². The summed E-state index contributed by atoms with van der Waals surface area (Å²) in [6.07, 6.45) is -1.80. The van der Waals surface area contributed by atoms with Crippen molar-refractivity contribution in [3.8, 4) is 11.5 Å². The molecule has 1 aromatic carbocycles. The van der Waals surface area contributed by atoms with Crippen molar-refractivity contribution in [2.75, 3.05) is 0 Å². The molecule has 0 aliphatic heterocycles. The quantitative estimate of drug-likeness (QED) is 0.312. The van der Waals surface area contributed by atoms with Crippen LogP contribution in [0.5, 0.6) is 11.5 Å². The van der Waals surface area contributed by atoms with E-state index in [0.29, 0.717) is 0 Å². The van der Waals surface area contributed by atoms with Gasteiger partial charge in [0.2, 0.25) is 0 Å². The number of aliphatic hydroxyl groups is 1. The van der Waals surface area contributed by atoms with Crippen LogP contribution in [0.1, 0.15) is 11.7 Å². The third kappa shape index (κ3) is 2.82. The monoisotopic (exact) mass is 245 g/mol. The molecule has 0 bridgehead atoms. The van der Waals surface area contributed by atoms with Crippen LogP contribution in [0.2, 0.25) is 0 Å². The van der Waals surface area contributed by atoms with Gasteiger partial charge in [0.25, 0.3) is 0 Å². The Hall–Kier alpha value is -1.87. The van der Waals surface area contributed by atoms with Gasteiger partial charge in [0.05, 0.1) is 0 Å². The van der Waals surface area contributed by atoms with E-state index >= 15 is 0 Å². The van der Waals surface area contributed by atoms with Crippen LogP contribution in [0.3, 0.4) is 0 Å². The van der Waals surface area contributed by atoms with Crippen molar-refractivity contribution in [1.82, 2.24) is 5.23 Å². The minimum absolute atomic E-state index is 0.0965. The first-order valence-corrected chi connectivity index (χ1v) is 4.44. The Labute approximate surface area is 95.1 Å². The first kappa shape index (κ1) is 13.2. The molecular weight excluding hydrogens is 234 g/mol. The summed E-state index contributed by atoms with van der Waals surface area (Å²) in [4.78, 5) is 10.7. The standard InChI is InChI=1S/C9H11NO7/c11-5-2-1-4(3-6(5)12)8(13)7(9(14)15)10(16)17/h1-3,7-8,11-13,16-17H,(H,14,15)/t7-,8?/m0/s1. The lowest BCUT2D eigenvalue weighted by Crippen LogP contribution is -2.41. The number of phenols is 2. The molecule has 94 valence electrons. The zero-order valence-electron chi connectivity index (χ0n) is 8.43. The molecule has 0 saturated carbocycles. The van der Waals surface area contributed by atoms with Gasteiger partial charge in [0, 0.05) is 0 Å². The van der Waals surface area contributed by atoms with Gasteiger partial charge in [0.15, 0.2) is 17.5 Å². The Morgan fingerprint density at radius 2 is 1.76 bits per heavy atom. The topological polar surface area (TPSA) is 142 Å². The number of aromatic hydroxyl groups is 2. The summed E-state index contributed by atoms with van der Waals surface area (Å²) in [5.41, 5.74) is -0.0965. The molecule has 17 heavy (non-hydrogen) atoms. The maximum Gasteiger partial charge on any atom is 0.329 e. The molecule has 0 spiro atoms. The number of hydroxylamine groups is 2. The maximum atomic E-state index is 10.7. The van der Waals surface area contributed by atoms with E-state index in [1.165, 1.54) is 0 Å². The number of hydrogen-bond donors (Lipinski definition) is 6. The summed E-state index contributed by atoms with van der Waals surface area (Å²) in [6, 6.07) is 1.07. The van der Waals surface area contributed by atoms with Gasteiger partial charge in [-0.2, -0.15) is 0 Å². The molecule has 0 fully saturated rings. The molecular formula is C9H11NO7. The molecule has 2 atom stereocenters. The summed E-state index contributed by atoms with van der Waals surface area (Å²) in [5.74, 6) is -2.68. The molecule has 0 aromatic heterocycles. The summed E-state index contributed by atoms with van der Waals surface area (Å²) in [6.45, 7) is 0. The van der Waals surface area contributed by atoms with E-state index < -0.39 is 34.8 Å². The molecule has 1 rings (SSSR count). The van der Waals surface area contributed by atoms with E-state index in [1.807, 2.05) is 0 Å². The van der Waals surface area contributed by atoms with Crippen LogP contribution in [0.25, 0.3) is 0 Å². The van der Waals surface area contributed by atoms with Crippen molar-refractivity contribution in [3.05, 3.63) is 23.8 Å². The van der Waals surface area contributed by atoms with E-state index in [-0.39, 0.29) is 5.56 Å². The number of carbonyl (C=O) groups is 1. The first-order chi connectivity index (χ1) is 7.84. The number of carboxylic acid groups (broad SMARTS) is 1. The molecule has 0 saturated heterocycles. The Kier molecular flexibility index (Phi) is 3.86. The van der Waals surface area contributed by atoms with E-state index in [2.05, 4.69) is 0 Å². The van der Waals surface area contributed by atoms with Crippen LogP contribution in [-0.2, 0) is 4.79 Å². The van der Waals surface area contributed by atoms with Crippen LogP contribution in [0, 0.1) is 0 Å². The van der Waals surface area contributed by atoms with Gasteiger partial charge in [-0.3, -0.25) is 15.2 Å². The summed E-state index contributed by atoms with van der Waals surface area (Å²) in [5, 5.41) is 53.2. The van der Waals surface area contributed by atoms with Crippen molar-refractivity contribution >= 4 is 5.97 Å². The smallest absolute Gasteiger partial charge is 0.329 e. The second-order valence-electron chi connectivity index (χ2n) is 3.30. The van der Waals surface area contributed by atoms with Gasteiger partial charge in [-0.1, -0.05) is 11.3 Å². The summed E-state index contributed by atoms with van der Waals surface area (Å²) < 4.78 is 0. The molecule has 0 heterocycles. The zero-order valence-corrected chi connectivity index (χ0v) is 8.43. The van der Waals surface area contributed by atoms with Crippen molar-refractivity contribution in [2.24, 2.45) is 0 Å². The van der Waals surface area contributed by atoms with Gasteiger partial charge in [-0.15, -0.1) is 0 Å². The molecule has 1 unspecified atom stereocenters. The predicted molar refractivity (Wildman–Crippen MR) is 51.6 cm³/mol. The van der Waals surface area contributed by atoms with Crippen molar-refractivity contribution < 1.29 is 35.6 Å². The Balaban J connectivity index is 3.05. The largest absolute Gasteiger partial charge is 0.504 e. The number of carboxylic acids is 1. The number of phenolic OH excluding ortho intramolecular Hbond substituents is 2. The number of rotatable bonds is 4. The van der Waals surface area contributed by atoms with Crippen molar-refractivity contribution in [3.63, 3.8) is 0 Å². The van der Waals surface area contributed by atoms with Crippen LogP contribution < -0.4 is 0 Å². The second kappa shape index (κ2) is 4.97. The Morgan fingerprint density at radius 3 is 2.18 bits per heavy atom. The third-order valence-electron chi connectivity index (χ3n) is 2.14. The minimum atomic E-state index is -2.01. The molecule has 0 radical (unpaired) electrons. The highest BCUT2D eigenvalue weighted by atomic mass is 16.8. The van der Waals surface area contributed by atoms with Crippen molar-refractivity contribution in [1.29, 1.82) is 0 Å². The molecule has 8 nitrogen and oxygen atoms in total. The normalized spacial score (nSPS) is 14.6. The van der Waals surface area contributed by atoms with E-state index in [1.54, 1.807) is 0 Å². The Bertz CT molecular complexity index is 420. The van der Waals surface area contributed by atoms with Gasteiger partial charge >= 0.3 is 5.97 Å². The molecule has 0 aliphatic rings. The highest BCUT2D eigenvalue weighted by Crippen LogP contribution is 2.29. The number of hydrogen-bond acceptors (Lipinski definition) is 7. The lowest BCUT2D eigenvalue weighted by atomic mass is 10.0. The van der Waals surface area contributed by atoms with Gasteiger partial charge in [0.1, 0.15) is 6.10 Å². The SMILES string of the molecule is O=C(O)[C@H](C(O)c1ccc(O)c(O)c1)N(O)O. The number of benzene rings is 1. The molecule has 8 heteroatoms. The number of aliphatic hydroxyl groups excluding tert-OH is 1. The zero-order chi connectivity index (χ0) is 13.2. The van der Waals surface area contributed by atoms with Gasteiger partial charge < -0.3 is 20.4 Å². The average Bonchev–Trinajstić information content (AvgIpc) is 2.20. The van der Waals surface area contributed by atoms with Crippen LogP contribution in [0.15, 0.2) is 18.2 Å². The fraction of sp³-hybridized carbons (Fsp3) is 0.222. The number of nitrogens with zero attached hydrogens (tertiary/aromatic N) is 1.